The third-order valence-corrected chi connectivity index (χ3v) is 4.42. The second kappa shape index (κ2) is 7.16. The molecule has 0 saturated carbocycles. The highest BCUT2D eigenvalue weighted by molar-refractivity contribution is 7.99. The molecule has 1 atom stereocenters. The third-order valence-electron chi connectivity index (χ3n) is 3.40. The molecule has 1 aliphatic heterocycles. The van der Waals surface area contributed by atoms with Gasteiger partial charge in [-0.2, -0.15) is 16.9 Å². The van der Waals surface area contributed by atoms with E-state index in [1.165, 1.54) is 23.6 Å². The maximum Gasteiger partial charge on any atom is 0.0538 e. The maximum absolute atomic E-state index is 5.15. The van der Waals surface area contributed by atoms with Crippen LogP contribution in [0.2, 0.25) is 0 Å². The number of thioether (sulfide) groups is 1. The molecular weight excluding hydrogens is 246 g/mol. The zero-order valence-corrected chi connectivity index (χ0v) is 12.2. The molecule has 1 saturated heterocycles. The highest BCUT2D eigenvalue weighted by atomic mass is 32.2. The Kier molecular flexibility index (Phi) is 5.53. The van der Waals surface area contributed by atoms with Crippen LogP contribution < -0.4 is 0 Å². The number of rotatable bonds is 6. The van der Waals surface area contributed by atoms with Gasteiger partial charge in [0.15, 0.2) is 0 Å². The first-order valence-corrected chi connectivity index (χ1v) is 7.83. The molecule has 102 valence electrons. The van der Waals surface area contributed by atoms with Gasteiger partial charge in [0.25, 0.3) is 0 Å². The van der Waals surface area contributed by atoms with Crippen molar-refractivity contribution in [3.63, 3.8) is 0 Å². The van der Waals surface area contributed by atoms with E-state index in [4.69, 9.17) is 4.74 Å². The molecule has 0 radical (unpaired) electrons. The minimum atomic E-state index is 0.529. The van der Waals surface area contributed by atoms with E-state index in [9.17, 15) is 0 Å². The molecule has 0 amide bonds. The number of ether oxygens (including phenoxy) is 1. The van der Waals surface area contributed by atoms with Crippen molar-refractivity contribution in [2.24, 2.45) is 0 Å². The van der Waals surface area contributed by atoms with Gasteiger partial charge in [-0.1, -0.05) is 0 Å². The maximum atomic E-state index is 5.15. The SMILES string of the molecule is CCn1cc([C@@H]2CSCCN2CCCOC)cn1. The lowest BCUT2D eigenvalue weighted by Gasteiger charge is -2.34. The number of hydrogen-bond donors (Lipinski definition) is 0. The molecule has 0 aromatic carbocycles. The molecular formula is C13H23N3OS. The van der Waals surface area contributed by atoms with Gasteiger partial charge in [-0.3, -0.25) is 9.58 Å². The molecule has 1 aromatic heterocycles. The zero-order chi connectivity index (χ0) is 12.8. The standard InChI is InChI=1S/C13H23N3OS/c1-3-16-10-12(9-14-16)13-11-18-8-6-15(13)5-4-7-17-2/h9-10,13H,3-8,11H2,1-2H3/t13-/m0/s1. The van der Waals surface area contributed by atoms with Crippen LogP contribution >= 0.6 is 11.8 Å². The molecule has 2 rings (SSSR count). The molecule has 0 spiro atoms. The average molecular weight is 269 g/mol. The molecule has 0 unspecified atom stereocenters. The molecule has 0 aliphatic carbocycles. The van der Waals surface area contributed by atoms with Crippen molar-refractivity contribution < 1.29 is 4.74 Å². The quantitative estimate of drug-likeness (QED) is 0.739. The van der Waals surface area contributed by atoms with Crippen molar-refractivity contribution in [3.05, 3.63) is 18.0 Å². The van der Waals surface area contributed by atoms with Crippen molar-refractivity contribution in [1.82, 2.24) is 14.7 Å². The topological polar surface area (TPSA) is 30.3 Å². The number of hydrogen-bond acceptors (Lipinski definition) is 4. The Morgan fingerprint density at radius 2 is 2.44 bits per heavy atom. The molecule has 1 aromatic rings. The summed E-state index contributed by atoms with van der Waals surface area (Å²) in [6.45, 7) is 6.23. The Hall–Kier alpha value is -0.520. The average Bonchev–Trinajstić information content (AvgIpc) is 2.88. The van der Waals surface area contributed by atoms with Crippen molar-refractivity contribution in [1.29, 1.82) is 0 Å². The van der Waals surface area contributed by atoms with Crippen LogP contribution in [0.3, 0.4) is 0 Å². The largest absolute Gasteiger partial charge is 0.385 e. The molecule has 18 heavy (non-hydrogen) atoms. The molecule has 1 aliphatic rings. The summed E-state index contributed by atoms with van der Waals surface area (Å²) in [5, 5.41) is 4.40. The van der Waals surface area contributed by atoms with Gasteiger partial charge in [0.1, 0.15) is 0 Å². The number of aromatic nitrogens is 2. The smallest absolute Gasteiger partial charge is 0.0538 e. The minimum absolute atomic E-state index is 0.529. The van der Waals surface area contributed by atoms with E-state index in [0.29, 0.717) is 6.04 Å². The summed E-state index contributed by atoms with van der Waals surface area (Å²) >= 11 is 2.05. The predicted octanol–water partition coefficient (Wildman–Crippen LogP) is 2.03. The Balaban J connectivity index is 1.98. The first kappa shape index (κ1) is 13.9. The van der Waals surface area contributed by atoms with Gasteiger partial charge in [0, 0.05) is 62.7 Å². The normalized spacial score (nSPS) is 21.3. The highest BCUT2D eigenvalue weighted by Gasteiger charge is 2.24. The van der Waals surface area contributed by atoms with Crippen LogP contribution in [0.5, 0.6) is 0 Å². The number of nitrogens with zero attached hydrogens (tertiary/aromatic N) is 3. The van der Waals surface area contributed by atoms with Crippen LogP contribution in [0.1, 0.15) is 24.9 Å². The Bertz CT molecular complexity index is 356. The summed E-state index contributed by atoms with van der Waals surface area (Å²) in [4.78, 5) is 2.58. The third kappa shape index (κ3) is 3.49. The van der Waals surface area contributed by atoms with Crippen LogP contribution in [0, 0.1) is 0 Å². The molecule has 1 fully saturated rings. The van der Waals surface area contributed by atoms with Gasteiger partial charge in [-0.25, -0.2) is 0 Å². The van der Waals surface area contributed by atoms with Crippen LogP contribution in [-0.2, 0) is 11.3 Å². The van der Waals surface area contributed by atoms with Crippen molar-refractivity contribution in [2.75, 3.05) is 38.3 Å². The second-order valence-electron chi connectivity index (χ2n) is 4.60. The van der Waals surface area contributed by atoms with Crippen LogP contribution in [0.4, 0.5) is 0 Å². The molecule has 0 bridgehead atoms. The summed E-state index contributed by atoms with van der Waals surface area (Å²) in [6.07, 6.45) is 5.34. The van der Waals surface area contributed by atoms with Gasteiger partial charge in [-0.15, -0.1) is 0 Å². The van der Waals surface area contributed by atoms with E-state index in [-0.39, 0.29) is 0 Å². The first-order valence-electron chi connectivity index (χ1n) is 6.68. The van der Waals surface area contributed by atoms with E-state index in [1.807, 2.05) is 22.6 Å². The van der Waals surface area contributed by atoms with Crippen molar-refractivity contribution in [3.8, 4) is 0 Å². The van der Waals surface area contributed by atoms with Crippen molar-refractivity contribution >= 4 is 11.8 Å². The summed E-state index contributed by atoms with van der Waals surface area (Å²) in [5.41, 5.74) is 1.36. The summed E-state index contributed by atoms with van der Waals surface area (Å²) in [6, 6.07) is 0.529. The first-order chi connectivity index (χ1) is 8.85. The lowest BCUT2D eigenvalue weighted by Crippen LogP contribution is -2.37. The Morgan fingerprint density at radius 3 is 3.17 bits per heavy atom. The lowest BCUT2D eigenvalue weighted by atomic mass is 10.1. The predicted molar refractivity (Wildman–Crippen MR) is 76.0 cm³/mol. The van der Waals surface area contributed by atoms with E-state index in [0.717, 1.165) is 26.1 Å². The van der Waals surface area contributed by atoms with E-state index in [1.54, 1.807) is 7.11 Å². The van der Waals surface area contributed by atoms with Gasteiger partial charge >= 0.3 is 0 Å². The number of aryl methyl sites for hydroxylation is 1. The molecule has 4 nitrogen and oxygen atoms in total. The van der Waals surface area contributed by atoms with Crippen molar-refractivity contribution in [2.45, 2.75) is 25.9 Å². The fraction of sp³-hybridized carbons (Fsp3) is 0.769. The van der Waals surface area contributed by atoms with Gasteiger partial charge in [0.05, 0.1) is 6.20 Å². The fourth-order valence-electron chi connectivity index (χ4n) is 2.35. The van der Waals surface area contributed by atoms with E-state index in [2.05, 4.69) is 23.1 Å². The zero-order valence-electron chi connectivity index (χ0n) is 11.3. The second-order valence-corrected chi connectivity index (χ2v) is 5.75. The molecule has 5 heteroatoms. The highest BCUT2D eigenvalue weighted by Crippen LogP contribution is 2.29. The molecule has 2 heterocycles. The van der Waals surface area contributed by atoms with E-state index < -0.39 is 0 Å². The summed E-state index contributed by atoms with van der Waals surface area (Å²) in [7, 11) is 1.77. The van der Waals surface area contributed by atoms with E-state index >= 15 is 0 Å². The van der Waals surface area contributed by atoms with Crippen LogP contribution in [-0.4, -0.2) is 53.0 Å². The number of methoxy groups -OCH3 is 1. The van der Waals surface area contributed by atoms with Gasteiger partial charge in [-0.05, 0) is 13.3 Å². The Morgan fingerprint density at radius 1 is 1.56 bits per heavy atom. The van der Waals surface area contributed by atoms with Crippen LogP contribution in [0.15, 0.2) is 12.4 Å². The lowest BCUT2D eigenvalue weighted by molar-refractivity contribution is 0.157. The minimum Gasteiger partial charge on any atom is -0.385 e. The monoisotopic (exact) mass is 269 g/mol. The summed E-state index contributed by atoms with van der Waals surface area (Å²) < 4.78 is 7.16. The summed E-state index contributed by atoms with van der Waals surface area (Å²) in [5.74, 6) is 2.42. The van der Waals surface area contributed by atoms with Gasteiger partial charge in [0.2, 0.25) is 0 Å². The Labute approximate surface area is 114 Å². The fourth-order valence-corrected chi connectivity index (χ4v) is 3.51. The van der Waals surface area contributed by atoms with Crippen LogP contribution in [0.25, 0.3) is 0 Å². The molecule has 0 N–H and O–H groups in total. The van der Waals surface area contributed by atoms with Gasteiger partial charge < -0.3 is 4.74 Å².